The van der Waals surface area contributed by atoms with Gasteiger partial charge in [-0.15, -0.1) is 0 Å². The maximum Gasteiger partial charge on any atom is 1.00 e. The molecule has 4 aromatic rings. The fourth-order valence-electron chi connectivity index (χ4n) is 2.24. The summed E-state index contributed by atoms with van der Waals surface area (Å²) >= 11 is 6.98. The van der Waals surface area contributed by atoms with Crippen LogP contribution in [0.3, 0.4) is 0 Å². The summed E-state index contributed by atoms with van der Waals surface area (Å²) in [5.74, 6) is 0. The Kier molecular flexibility index (Phi) is 37.7. The Balaban J connectivity index is -0.000000154. The molecule has 7 N–H and O–H groups in total. The summed E-state index contributed by atoms with van der Waals surface area (Å²) < 4.78 is 65.5. The molecular weight excluding hydrogens is 798 g/mol. The fraction of sp³-hybridized carbons (Fsp3) is 0. The molecule has 0 heterocycles. The Morgan fingerprint density at radius 3 is 0.930 bits per heavy atom. The first-order chi connectivity index (χ1) is 18.3. The van der Waals surface area contributed by atoms with Crippen LogP contribution in [0.15, 0.2) is 139 Å². The smallest absolute Gasteiger partial charge is 1.00 e. The SMILES string of the molecule is Brc1ccc(Sc2ccccc2)cc1.O.O=S(=O)(O)O.O=S(=O)([O-])O.OO.[Br-].[Na+].[Na+].c1ccc(Sc2ccccc2)cc1. The van der Waals surface area contributed by atoms with Crippen molar-refractivity contribution < 1.29 is 127 Å². The Morgan fingerprint density at radius 1 is 0.535 bits per heavy atom. The van der Waals surface area contributed by atoms with Gasteiger partial charge in [-0.2, -0.15) is 8.42 Å². The Labute approximate surface area is 322 Å². The van der Waals surface area contributed by atoms with Crippen LogP contribution in [0.25, 0.3) is 0 Å². The van der Waals surface area contributed by atoms with Crippen molar-refractivity contribution in [2.45, 2.75) is 19.6 Å². The van der Waals surface area contributed by atoms with Crippen LogP contribution in [0.4, 0.5) is 0 Å². The standard InChI is InChI=1S/C12H9BrS.C12H10S.BrH.2Na.2H2O4S.H2O2.H2O/c13-10-6-8-12(9-7-10)14-11-4-2-1-3-5-11;1-3-7-11(8-4-1)13-12-9-5-2-6-10-12;;;;2*1-5(2,3)4;1-2;/h1-9H;1-10H;1H;;;2*(H2,1,2,3,4);1-2H;1H2/q;;;2*+1;;;;/p-2. The summed E-state index contributed by atoms with van der Waals surface area (Å²) in [6.45, 7) is 0. The minimum atomic E-state index is -4.92. The van der Waals surface area contributed by atoms with Gasteiger partial charge in [-0.1, -0.05) is 94.1 Å². The van der Waals surface area contributed by atoms with Gasteiger partial charge < -0.3 is 27.0 Å². The maximum atomic E-state index is 8.74. The van der Waals surface area contributed by atoms with Crippen molar-refractivity contribution >= 4 is 60.3 Å². The Morgan fingerprint density at radius 2 is 0.721 bits per heavy atom. The van der Waals surface area contributed by atoms with E-state index < -0.39 is 20.8 Å². The molecule has 0 atom stereocenters. The van der Waals surface area contributed by atoms with Crippen LogP contribution in [0.5, 0.6) is 0 Å². The van der Waals surface area contributed by atoms with E-state index in [0.29, 0.717) is 0 Å². The molecule has 0 aliphatic carbocycles. The number of hydrogen-bond acceptors (Lipinski definition) is 9. The van der Waals surface area contributed by atoms with Crippen LogP contribution in [0.1, 0.15) is 0 Å². The van der Waals surface area contributed by atoms with Gasteiger partial charge in [0.1, 0.15) is 0 Å². The van der Waals surface area contributed by atoms with E-state index in [4.69, 9.17) is 45.6 Å². The normalized spacial score (nSPS) is 9.09. The summed E-state index contributed by atoms with van der Waals surface area (Å²) in [5.41, 5.74) is 0. The molecule has 0 aromatic heterocycles. The van der Waals surface area contributed by atoms with Crippen molar-refractivity contribution in [1.82, 2.24) is 0 Å². The van der Waals surface area contributed by atoms with Gasteiger partial charge in [0.25, 0.3) is 0 Å². The third-order valence-corrected chi connectivity index (χ3v) is 6.07. The monoisotopic (exact) mass is 822 g/mol. The van der Waals surface area contributed by atoms with Gasteiger partial charge in [-0.25, -0.2) is 8.42 Å². The number of rotatable bonds is 4. The molecule has 0 saturated heterocycles. The molecule has 0 aliphatic rings. The zero-order valence-corrected chi connectivity index (χ0v) is 33.1. The minimum absolute atomic E-state index is 0. The molecule has 43 heavy (non-hydrogen) atoms. The van der Waals surface area contributed by atoms with Crippen LogP contribution in [-0.4, -0.2) is 51.0 Å². The third kappa shape index (κ3) is 38.3. The second kappa shape index (κ2) is 30.8. The molecule has 4 rings (SSSR count). The van der Waals surface area contributed by atoms with E-state index >= 15 is 0 Å². The third-order valence-electron chi connectivity index (χ3n) is 3.51. The van der Waals surface area contributed by atoms with E-state index in [-0.39, 0.29) is 81.6 Å². The minimum Gasteiger partial charge on any atom is -1.00 e. The predicted octanol–water partition coefficient (Wildman–Crippen LogP) is -3.01. The van der Waals surface area contributed by atoms with Gasteiger partial charge in [-0.05, 0) is 60.7 Å². The molecule has 0 unspecified atom stereocenters. The Hall–Kier alpha value is 0.160. The maximum absolute atomic E-state index is 8.74. The summed E-state index contributed by atoms with van der Waals surface area (Å²) in [5, 5.41) is 12.0. The second-order valence-corrected chi connectivity index (χ2v) is 11.4. The van der Waals surface area contributed by atoms with Crippen molar-refractivity contribution in [1.29, 1.82) is 0 Å². The first kappa shape index (κ1) is 52.7. The zero-order chi connectivity index (χ0) is 29.7. The molecule has 0 aliphatic heterocycles. The summed E-state index contributed by atoms with van der Waals surface area (Å²) in [6, 6.07) is 39.5. The van der Waals surface area contributed by atoms with E-state index in [1.807, 2.05) is 18.2 Å². The van der Waals surface area contributed by atoms with Gasteiger partial charge in [0.2, 0.25) is 10.4 Å². The van der Waals surface area contributed by atoms with Crippen molar-refractivity contribution in [2.24, 2.45) is 0 Å². The van der Waals surface area contributed by atoms with Crippen LogP contribution in [0.2, 0.25) is 0 Å². The largest absolute Gasteiger partial charge is 1.00 e. The van der Waals surface area contributed by atoms with Crippen LogP contribution in [0, 0.1) is 0 Å². The van der Waals surface area contributed by atoms with Gasteiger partial charge in [-0.3, -0.25) is 24.2 Å². The van der Waals surface area contributed by atoms with Gasteiger partial charge >= 0.3 is 69.5 Å². The van der Waals surface area contributed by atoms with Gasteiger partial charge in [0, 0.05) is 24.1 Å². The first-order valence-electron chi connectivity index (χ1n) is 10.1. The van der Waals surface area contributed by atoms with Gasteiger partial charge in [0.05, 0.1) is 0 Å². The van der Waals surface area contributed by atoms with Crippen LogP contribution >= 0.6 is 39.5 Å². The van der Waals surface area contributed by atoms with E-state index in [9.17, 15) is 0 Å². The number of hydrogen-bond donors (Lipinski definition) is 5. The molecule has 4 aromatic carbocycles. The molecule has 0 amide bonds. The summed E-state index contributed by atoms with van der Waals surface area (Å²) in [7, 11) is -9.58. The van der Waals surface area contributed by atoms with Crippen molar-refractivity contribution in [3.63, 3.8) is 0 Å². The molecule has 19 heteroatoms. The number of halogens is 2. The molecule has 228 valence electrons. The second-order valence-electron chi connectivity index (χ2n) is 6.47. The molecular formula is C24H26Br2Na2O11S4. The average molecular weight is 825 g/mol. The van der Waals surface area contributed by atoms with Gasteiger partial charge in [0.15, 0.2) is 0 Å². The topological polar surface area (TPSA) is 224 Å². The van der Waals surface area contributed by atoms with Crippen molar-refractivity contribution in [3.8, 4) is 0 Å². The zero-order valence-electron chi connectivity index (χ0n) is 22.6. The number of benzene rings is 4. The molecule has 0 fully saturated rings. The van der Waals surface area contributed by atoms with E-state index in [1.165, 1.54) is 19.6 Å². The van der Waals surface area contributed by atoms with E-state index in [0.717, 1.165) is 4.47 Å². The molecule has 0 saturated carbocycles. The first-order valence-corrected chi connectivity index (χ1v) is 15.3. The summed E-state index contributed by atoms with van der Waals surface area (Å²) in [4.78, 5) is 5.11. The van der Waals surface area contributed by atoms with Crippen molar-refractivity contribution in [3.05, 3.63) is 120 Å². The average Bonchev–Trinajstić information content (AvgIpc) is 2.87. The van der Waals surface area contributed by atoms with Crippen LogP contribution in [-0.2, 0) is 20.8 Å². The predicted molar refractivity (Wildman–Crippen MR) is 157 cm³/mol. The molecule has 0 bridgehead atoms. The fourth-order valence-corrected chi connectivity index (χ4v) is 4.20. The quantitative estimate of drug-likeness (QED) is 0.0457. The van der Waals surface area contributed by atoms with E-state index in [2.05, 4.69) is 113 Å². The molecule has 11 nitrogen and oxygen atoms in total. The Bertz CT molecular complexity index is 1310. The van der Waals surface area contributed by atoms with Crippen molar-refractivity contribution in [2.75, 3.05) is 0 Å². The summed E-state index contributed by atoms with van der Waals surface area (Å²) in [6.07, 6.45) is 0. The molecule has 0 spiro atoms. The van der Waals surface area contributed by atoms with E-state index in [1.54, 1.807) is 23.5 Å². The van der Waals surface area contributed by atoms with Crippen LogP contribution < -0.4 is 76.1 Å². The molecule has 0 radical (unpaired) electrons.